The number of hydrogen-bond donors (Lipinski definition) is 1. The molecule has 4 nitrogen and oxygen atoms in total. The van der Waals surface area contributed by atoms with E-state index in [4.69, 9.17) is 0 Å². The average molecular weight is 250 g/mol. The summed E-state index contributed by atoms with van der Waals surface area (Å²) in [5.41, 5.74) is 5.93. The largest absolute Gasteiger partial charge is 0.279 e. The Labute approximate surface area is 111 Å². The topological polar surface area (TPSA) is 42.2 Å². The number of anilines is 1. The van der Waals surface area contributed by atoms with Crippen molar-refractivity contribution >= 4 is 22.8 Å². The third kappa shape index (κ3) is 2.47. The lowest BCUT2D eigenvalue weighted by Gasteiger charge is -1.99. The molecule has 0 atom stereocenters. The molecule has 0 radical (unpaired) electrons. The van der Waals surface area contributed by atoms with Crippen molar-refractivity contribution < 1.29 is 0 Å². The number of benzene rings is 2. The summed E-state index contributed by atoms with van der Waals surface area (Å²) in [6, 6.07) is 15.9. The number of nitrogens with zero attached hydrogens (tertiary/aromatic N) is 3. The van der Waals surface area contributed by atoms with Gasteiger partial charge in [0, 0.05) is 24.2 Å². The summed E-state index contributed by atoms with van der Waals surface area (Å²) >= 11 is 0. The van der Waals surface area contributed by atoms with Crippen LogP contribution in [0.25, 0.3) is 10.9 Å². The van der Waals surface area contributed by atoms with E-state index in [1.54, 1.807) is 6.21 Å². The van der Waals surface area contributed by atoms with Gasteiger partial charge in [-0.05, 0) is 12.1 Å². The van der Waals surface area contributed by atoms with Crippen molar-refractivity contribution in [2.45, 2.75) is 0 Å². The zero-order valence-electron chi connectivity index (χ0n) is 10.6. The Morgan fingerprint density at radius 1 is 1.11 bits per heavy atom. The molecule has 4 heteroatoms. The lowest BCUT2D eigenvalue weighted by atomic mass is 10.2. The third-order valence-electron chi connectivity index (χ3n) is 2.85. The molecule has 0 saturated heterocycles. The summed E-state index contributed by atoms with van der Waals surface area (Å²) in [4.78, 5) is 0. The van der Waals surface area contributed by atoms with Crippen LogP contribution < -0.4 is 5.43 Å². The van der Waals surface area contributed by atoms with E-state index in [9.17, 15) is 0 Å². The Kier molecular flexibility index (Phi) is 2.98. The highest BCUT2D eigenvalue weighted by Crippen LogP contribution is 2.15. The van der Waals surface area contributed by atoms with Crippen LogP contribution in [0.1, 0.15) is 5.56 Å². The van der Waals surface area contributed by atoms with Gasteiger partial charge in [0.25, 0.3) is 0 Å². The number of aromatic nitrogens is 2. The van der Waals surface area contributed by atoms with Gasteiger partial charge in [-0.1, -0.05) is 36.4 Å². The van der Waals surface area contributed by atoms with Gasteiger partial charge in [0.15, 0.2) is 0 Å². The van der Waals surface area contributed by atoms with Crippen molar-refractivity contribution in [2.75, 3.05) is 5.43 Å². The van der Waals surface area contributed by atoms with E-state index < -0.39 is 0 Å². The molecule has 0 aliphatic rings. The first-order valence-electron chi connectivity index (χ1n) is 6.09. The number of hydrogen-bond acceptors (Lipinski definition) is 3. The lowest BCUT2D eigenvalue weighted by Crippen LogP contribution is -1.92. The molecule has 3 aromatic rings. The highest BCUT2D eigenvalue weighted by molar-refractivity contribution is 5.97. The molecule has 0 aliphatic carbocycles. The van der Waals surface area contributed by atoms with Crippen LogP contribution in [0.4, 0.5) is 5.69 Å². The number of fused-ring (bicyclic) bond motifs is 1. The molecule has 0 saturated carbocycles. The minimum atomic E-state index is 0.962. The van der Waals surface area contributed by atoms with E-state index in [-0.39, 0.29) is 0 Å². The average Bonchev–Trinajstić information content (AvgIpc) is 2.81. The third-order valence-corrected chi connectivity index (χ3v) is 2.85. The second-order valence-corrected chi connectivity index (χ2v) is 4.32. The predicted molar refractivity (Wildman–Crippen MR) is 78.4 cm³/mol. The number of rotatable bonds is 3. The highest BCUT2D eigenvalue weighted by Gasteiger charge is 2.02. The first-order chi connectivity index (χ1) is 9.33. The zero-order valence-corrected chi connectivity index (χ0v) is 10.6. The summed E-state index contributed by atoms with van der Waals surface area (Å²) in [6.45, 7) is 0. The molecular weight excluding hydrogens is 236 g/mol. The smallest absolute Gasteiger partial charge is 0.101 e. The number of nitrogens with one attached hydrogen (secondary N) is 1. The molecule has 0 spiro atoms. The minimum absolute atomic E-state index is 0.962. The van der Waals surface area contributed by atoms with E-state index in [1.807, 2.05) is 66.5 Å². The molecule has 19 heavy (non-hydrogen) atoms. The molecule has 1 heterocycles. The molecule has 0 bridgehead atoms. The molecule has 0 fully saturated rings. The summed E-state index contributed by atoms with van der Waals surface area (Å²) in [5.74, 6) is 0. The number of hydrazone groups is 1. The molecule has 0 amide bonds. The van der Waals surface area contributed by atoms with Crippen LogP contribution in [0, 0.1) is 0 Å². The molecule has 1 N–H and O–H groups in total. The van der Waals surface area contributed by atoms with Gasteiger partial charge in [0.1, 0.15) is 5.52 Å². The predicted octanol–water partition coefficient (Wildman–Crippen LogP) is 3.02. The molecule has 3 rings (SSSR count). The van der Waals surface area contributed by atoms with Crippen LogP contribution in [-0.2, 0) is 7.05 Å². The van der Waals surface area contributed by atoms with Crippen molar-refractivity contribution in [1.82, 2.24) is 9.78 Å². The van der Waals surface area contributed by atoms with E-state index in [0.717, 1.165) is 22.2 Å². The fourth-order valence-corrected chi connectivity index (χ4v) is 1.98. The number of aryl methyl sites for hydroxylation is 1. The van der Waals surface area contributed by atoms with Crippen molar-refractivity contribution in [3.05, 3.63) is 60.3 Å². The second-order valence-electron chi connectivity index (χ2n) is 4.32. The second kappa shape index (κ2) is 4.94. The lowest BCUT2D eigenvalue weighted by molar-refractivity contribution is 0.779. The van der Waals surface area contributed by atoms with E-state index >= 15 is 0 Å². The van der Waals surface area contributed by atoms with E-state index in [0.29, 0.717) is 0 Å². The van der Waals surface area contributed by atoms with Crippen molar-refractivity contribution in [2.24, 2.45) is 12.1 Å². The fourth-order valence-electron chi connectivity index (χ4n) is 1.98. The van der Waals surface area contributed by atoms with Crippen molar-refractivity contribution in [1.29, 1.82) is 0 Å². The van der Waals surface area contributed by atoms with Crippen LogP contribution in [0.15, 0.2) is 59.8 Å². The maximum atomic E-state index is 4.44. The first-order valence-corrected chi connectivity index (χ1v) is 6.09. The molecule has 2 aromatic carbocycles. The summed E-state index contributed by atoms with van der Waals surface area (Å²) in [5, 5.41) is 9.80. The standard InChI is InChI=1S/C15H14N4/c1-19-11-13-7-5-6-12(15(13)18-19)10-16-17-14-8-3-2-4-9-14/h2-11,17H,1H3. The SMILES string of the molecule is Cn1cc2cccc(C=NNc3ccccc3)c2n1. The van der Waals surface area contributed by atoms with Gasteiger partial charge in [-0.3, -0.25) is 10.1 Å². The monoisotopic (exact) mass is 250 g/mol. The quantitative estimate of drug-likeness (QED) is 0.573. The van der Waals surface area contributed by atoms with Gasteiger partial charge < -0.3 is 0 Å². The van der Waals surface area contributed by atoms with Crippen LogP contribution in [0.2, 0.25) is 0 Å². The Morgan fingerprint density at radius 3 is 2.79 bits per heavy atom. The van der Waals surface area contributed by atoms with Gasteiger partial charge in [0.2, 0.25) is 0 Å². The Morgan fingerprint density at radius 2 is 1.95 bits per heavy atom. The first kappa shape index (κ1) is 11.5. The minimum Gasteiger partial charge on any atom is -0.279 e. The molecular formula is C15H14N4. The van der Waals surface area contributed by atoms with Gasteiger partial charge in [0.05, 0.1) is 11.9 Å². The maximum Gasteiger partial charge on any atom is 0.101 e. The van der Waals surface area contributed by atoms with Gasteiger partial charge in [-0.15, -0.1) is 0 Å². The molecule has 0 aliphatic heterocycles. The summed E-state index contributed by atoms with van der Waals surface area (Å²) < 4.78 is 1.81. The van der Waals surface area contributed by atoms with Gasteiger partial charge >= 0.3 is 0 Å². The van der Waals surface area contributed by atoms with Crippen molar-refractivity contribution in [3.8, 4) is 0 Å². The maximum absolute atomic E-state index is 4.44. The summed E-state index contributed by atoms with van der Waals surface area (Å²) in [6.07, 6.45) is 3.79. The van der Waals surface area contributed by atoms with Crippen LogP contribution >= 0.6 is 0 Å². The van der Waals surface area contributed by atoms with E-state index in [2.05, 4.69) is 15.6 Å². The summed E-state index contributed by atoms with van der Waals surface area (Å²) in [7, 11) is 1.92. The Bertz CT molecular complexity index is 713. The van der Waals surface area contributed by atoms with Crippen molar-refractivity contribution in [3.63, 3.8) is 0 Å². The molecule has 1 aromatic heterocycles. The van der Waals surface area contributed by atoms with Crippen LogP contribution in [0.5, 0.6) is 0 Å². The zero-order chi connectivity index (χ0) is 13.1. The Hall–Kier alpha value is -2.62. The van der Waals surface area contributed by atoms with Gasteiger partial charge in [-0.2, -0.15) is 10.2 Å². The van der Waals surface area contributed by atoms with E-state index in [1.165, 1.54) is 0 Å². The molecule has 94 valence electrons. The Balaban J connectivity index is 1.85. The highest BCUT2D eigenvalue weighted by atomic mass is 15.3. The van der Waals surface area contributed by atoms with Crippen LogP contribution in [-0.4, -0.2) is 16.0 Å². The fraction of sp³-hybridized carbons (Fsp3) is 0.0667. The normalized spacial score (nSPS) is 11.2. The molecule has 0 unspecified atom stereocenters. The number of para-hydroxylation sites is 1. The van der Waals surface area contributed by atoms with Gasteiger partial charge in [-0.25, -0.2) is 0 Å². The van der Waals surface area contributed by atoms with Crippen LogP contribution in [0.3, 0.4) is 0 Å².